The van der Waals surface area contributed by atoms with E-state index >= 15 is 0 Å². The number of rotatable bonds is 4. The molecule has 1 aliphatic heterocycles. The molecule has 0 aliphatic carbocycles. The Hall–Kier alpha value is -2.14. The maximum atomic E-state index is 12.8. The Balaban J connectivity index is 1.74. The Morgan fingerprint density at radius 3 is 2.54 bits per heavy atom. The van der Waals surface area contributed by atoms with Gasteiger partial charge in [0.1, 0.15) is 6.54 Å². The van der Waals surface area contributed by atoms with Crippen LogP contribution >= 0.6 is 0 Å². The van der Waals surface area contributed by atoms with Crippen LogP contribution < -0.4 is 5.56 Å². The number of amides is 1. The maximum Gasteiger partial charge on any atom is 0.251 e. The molecule has 0 radical (unpaired) electrons. The van der Waals surface area contributed by atoms with Crippen molar-refractivity contribution in [2.24, 2.45) is 5.92 Å². The third kappa shape index (κ3) is 3.68. The molecule has 0 saturated carbocycles. The van der Waals surface area contributed by atoms with Crippen LogP contribution in [0, 0.1) is 12.8 Å². The SMILES string of the molecule is Cc1cc(=O)n(CC(=O)N2CCC(C(C)N(C)C)CC2)c2ccccc12. The van der Waals surface area contributed by atoms with Gasteiger partial charge in [-0.25, -0.2) is 0 Å². The Morgan fingerprint density at radius 1 is 1.23 bits per heavy atom. The molecule has 2 aromatic rings. The number of benzene rings is 1. The van der Waals surface area contributed by atoms with Crippen LogP contribution in [-0.2, 0) is 11.3 Å². The number of nitrogens with zero attached hydrogens (tertiary/aromatic N) is 3. The second kappa shape index (κ2) is 7.62. The summed E-state index contributed by atoms with van der Waals surface area (Å²) >= 11 is 0. The molecule has 0 spiro atoms. The number of hydrogen-bond acceptors (Lipinski definition) is 3. The lowest BCUT2D eigenvalue weighted by Crippen LogP contribution is -2.45. The fraction of sp³-hybridized carbons (Fsp3) is 0.524. The lowest BCUT2D eigenvalue weighted by atomic mass is 9.90. The van der Waals surface area contributed by atoms with E-state index in [-0.39, 0.29) is 18.0 Å². The van der Waals surface area contributed by atoms with Crippen LogP contribution in [0.2, 0.25) is 0 Å². The van der Waals surface area contributed by atoms with Crippen molar-refractivity contribution in [2.45, 2.75) is 39.3 Å². The third-order valence-corrected chi connectivity index (χ3v) is 5.91. The number of aromatic nitrogens is 1. The van der Waals surface area contributed by atoms with Gasteiger partial charge in [0.25, 0.3) is 5.56 Å². The molecule has 1 amide bonds. The first-order valence-corrected chi connectivity index (χ1v) is 9.42. The minimum atomic E-state index is -0.106. The summed E-state index contributed by atoms with van der Waals surface area (Å²) in [4.78, 5) is 29.5. The van der Waals surface area contributed by atoms with Gasteiger partial charge in [-0.3, -0.25) is 14.2 Å². The molecule has 0 bridgehead atoms. The highest BCUT2D eigenvalue weighted by Gasteiger charge is 2.27. The average molecular weight is 355 g/mol. The van der Waals surface area contributed by atoms with Crippen LogP contribution in [0.3, 0.4) is 0 Å². The van der Waals surface area contributed by atoms with E-state index in [9.17, 15) is 9.59 Å². The van der Waals surface area contributed by atoms with E-state index in [1.807, 2.05) is 36.1 Å². The van der Waals surface area contributed by atoms with E-state index in [0.29, 0.717) is 12.0 Å². The number of piperidine rings is 1. The predicted octanol–water partition coefficient (Wildman–Crippen LogP) is 2.50. The molecule has 26 heavy (non-hydrogen) atoms. The molecule has 0 N–H and O–H groups in total. The van der Waals surface area contributed by atoms with Crippen molar-refractivity contribution in [3.05, 3.63) is 46.2 Å². The third-order valence-electron chi connectivity index (χ3n) is 5.91. The second-order valence-corrected chi connectivity index (χ2v) is 7.69. The molecule has 1 aromatic heterocycles. The molecule has 3 rings (SSSR count). The van der Waals surface area contributed by atoms with Crippen LogP contribution in [0.4, 0.5) is 0 Å². The minimum Gasteiger partial charge on any atom is -0.341 e. The van der Waals surface area contributed by atoms with Gasteiger partial charge in [-0.1, -0.05) is 18.2 Å². The van der Waals surface area contributed by atoms with Crippen molar-refractivity contribution in [1.29, 1.82) is 0 Å². The first-order valence-electron chi connectivity index (χ1n) is 9.42. The van der Waals surface area contributed by atoms with Crippen molar-refractivity contribution in [1.82, 2.24) is 14.4 Å². The standard InChI is InChI=1S/C21H29N3O2/c1-15-13-20(25)24(19-8-6-5-7-18(15)19)14-21(26)23-11-9-17(10-12-23)16(2)22(3)4/h5-8,13,16-17H,9-12,14H2,1-4H3. The highest BCUT2D eigenvalue weighted by Crippen LogP contribution is 2.23. The Kier molecular flexibility index (Phi) is 5.47. The molecule has 1 atom stereocenters. The van der Waals surface area contributed by atoms with Crippen molar-refractivity contribution < 1.29 is 4.79 Å². The molecule has 1 aromatic carbocycles. The van der Waals surface area contributed by atoms with Gasteiger partial charge in [-0.2, -0.15) is 0 Å². The van der Waals surface area contributed by atoms with Gasteiger partial charge < -0.3 is 9.80 Å². The van der Waals surface area contributed by atoms with Crippen LogP contribution in [0.15, 0.2) is 35.1 Å². The summed E-state index contributed by atoms with van der Waals surface area (Å²) in [5, 5.41) is 1.03. The van der Waals surface area contributed by atoms with Crippen molar-refractivity contribution in [2.75, 3.05) is 27.2 Å². The topological polar surface area (TPSA) is 45.6 Å². The average Bonchev–Trinajstić information content (AvgIpc) is 2.64. The van der Waals surface area contributed by atoms with E-state index in [1.165, 1.54) is 0 Å². The van der Waals surface area contributed by atoms with E-state index < -0.39 is 0 Å². The number of fused-ring (bicyclic) bond motifs is 1. The van der Waals surface area contributed by atoms with Crippen LogP contribution in [0.1, 0.15) is 25.3 Å². The zero-order chi connectivity index (χ0) is 18.8. The van der Waals surface area contributed by atoms with Gasteiger partial charge in [0.2, 0.25) is 5.91 Å². The molecule has 1 unspecified atom stereocenters. The number of carbonyl (C=O) groups is 1. The van der Waals surface area contributed by atoms with E-state index in [1.54, 1.807) is 10.6 Å². The fourth-order valence-electron chi connectivity index (χ4n) is 3.95. The molecule has 1 fully saturated rings. The molecule has 1 aliphatic rings. The summed E-state index contributed by atoms with van der Waals surface area (Å²) in [6.07, 6.45) is 2.04. The van der Waals surface area contributed by atoms with E-state index in [2.05, 4.69) is 25.9 Å². The monoisotopic (exact) mass is 355 g/mol. The summed E-state index contributed by atoms with van der Waals surface area (Å²) in [6.45, 7) is 5.86. The normalized spacial score (nSPS) is 17.0. The van der Waals surface area contributed by atoms with Crippen molar-refractivity contribution in [3.63, 3.8) is 0 Å². The van der Waals surface area contributed by atoms with Gasteiger partial charge in [0.15, 0.2) is 0 Å². The van der Waals surface area contributed by atoms with Gasteiger partial charge in [-0.05, 0) is 58.3 Å². The summed E-state index contributed by atoms with van der Waals surface area (Å²) in [7, 11) is 4.22. The highest BCUT2D eigenvalue weighted by atomic mass is 16.2. The molecular formula is C21H29N3O2. The molecule has 5 heteroatoms. The smallest absolute Gasteiger partial charge is 0.251 e. The Morgan fingerprint density at radius 2 is 1.88 bits per heavy atom. The number of likely N-dealkylation sites (tertiary alicyclic amines) is 1. The Labute approximate surface area is 155 Å². The van der Waals surface area contributed by atoms with Crippen molar-refractivity contribution in [3.8, 4) is 0 Å². The highest BCUT2D eigenvalue weighted by molar-refractivity contribution is 5.84. The summed E-state index contributed by atoms with van der Waals surface area (Å²) in [6, 6.07) is 9.94. The van der Waals surface area contributed by atoms with E-state index in [0.717, 1.165) is 42.4 Å². The second-order valence-electron chi connectivity index (χ2n) is 7.69. The number of carbonyl (C=O) groups excluding carboxylic acids is 1. The minimum absolute atomic E-state index is 0.0389. The van der Waals surface area contributed by atoms with E-state index in [4.69, 9.17) is 0 Å². The predicted molar refractivity (Wildman–Crippen MR) is 105 cm³/mol. The first kappa shape index (κ1) is 18.6. The molecule has 1 saturated heterocycles. The van der Waals surface area contributed by atoms with Gasteiger partial charge in [0.05, 0.1) is 5.52 Å². The van der Waals surface area contributed by atoms with Gasteiger partial charge >= 0.3 is 0 Å². The summed E-state index contributed by atoms with van der Waals surface area (Å²) in [5.74, 6) is 0.661. The van der Waals surface area contributed by atoms with Crippen LogP contribution in [-0.4, -0.2) is 53.5 Å². The summed E-state index contributed by atoms with van der Waals surface area (Å²) in [5.41, 5.74) is 1.68. The number of hydrogen-bond donors (Lipinski definition) is 0. The Bertz CT molecular complexity index is 848. The quantitative estimate of drug-likeness (QED) is 0.846. The molecular weight excluding hydrogens is 326 g/mol. The first-order chi connectivity index (χ1) is 12.4. The zero-order valence-corrected chi connectivity index (χ0v) is 16.2. The number of aryl methyl sites for hydroxylation is 1. The number of pyridine rings is 1. The lowest BCUT2D eigenvalue weighted by molar-refractivity contribution is -0.133. The lowest BCUT2D eigenvalue weighted by Gasteiger charge is -2.37. The molecule has 140 valence electrons. The van der Waals surface area contributed by atoms with Crippen LogP contribution in [0.25, 0.3) is 10.9 Å². The molecule has 2 heterocycles. The maximum absolute atomic E-state index is 12.8. The summed E-state index contributed by atoms with van der Waals surface area (Å²) < 4.78 is 1.61. The fourth-order valence-corrected chi connectivity index (χ4v) is 3.95. The largest absolute Gasteiger partial charge is 0.341 e. The van der Waals surface area contributed by atoms with Crippen LogP contribution in [0.5, 0.6) is 0 Å². The zero-order valence-electron chi connectivity index (χ0n) is 16.2. The van der Waals surface area contributed by atoms with Gasteiger partial charge in [0, 0.05) is 30.6 Å². The van der Waals surface area contributed by atoms with Gasteiger partial charge in [-0.15, -0.1) is 0 Å². The van der Waals surface area contributed by atoms with Crippen molar-refractivity contribution >= 4 is 16.8 Å². The number of para-hydroxylation sites is 1. The molecule has 5 nitrogen and oxygen atoms in total.